The standard InChI is InChI=1S/C25H29N3O3/c1-30-25(29)23-7-4-10-28(23)15-18-8-9-24-19(13-18)16-27(11-12-31-24)17-20-14-26-22-6-3-2-5-21(20)22/h2-3,5-6,8-9,13-14,23,26H,4,7,10-12,15-17H2,1H3/t23-/m0/s1. The van der Waals surface area contributed by atoms with Crippen LogP contribution in [0.3, 0.4) is 0 Å². The molecule has 1 N–H and O–H groups in total. The third-order valence-electron chi connectivity index (χ3n) is 6.48. The van der Waals surface area contributed by atoms with Gasteiger partial charge in [-0.05, 0) is 48.7 Å². The van der Waals surface area contributed by atoms with Crippen molar-refractivity contribution in [2.45, 2.75) is 38.5 Å². The number of carbonyl (C=O) groups is 1. The number of ether oxygens (including phenoxy) is 2. The Morgan fingerprint density at radius 2 is 2.10 bits per heavy atom. The summed E-state index contributed by atoms with van der Waals surface area (Å²) < 4.78 is 11.0. The highest BCUT2D eigenvalue weighted by Crippen LogP contribution is 2.28. The van der Waals surface area contributed by atoms with Crippen molar-refractivity contribution in [3.05, 3.63) is 65.4 Å². The summed E-state index contributed by atoms with van der Waals surface area (Å²) >= 11 is 0. The van der Waals surface area contributed by atoms with Crippen LogP contribution in [0, 0.1) is 0 Å². The fraction of sp³-hybridized carbons (Fsp3) is 0.400. The maximum Gasteiger partial charge on any atom is 0.323 e. The Bertz CT molecular complexity index is 1080. The zero-order valence-electron chi connectivity index (χ0n) is 18.0. The van der Waals surface area contributed by atoms with Crippen LogP contribution in [0.2, 0.25) is 0 Å². The molecule has 1 fully saturated rings. The first kappa shape index (κ1) is 20.1. The molecule has 0 aliphatic carbocycles. The van der Waals surface area contributed by atoms with Crippen LogP contribution in [-0.4, -0.2) is 53.6 Å². The first-order chi connectivity index (χ1) is 15.2. The van der Waals surface area contributed by atoms with E-state index in [9.17, 15) is 4.79 Å². The van der Waals surface area contributed by atoms with Crippen LogP contribution in [0.1, 0.15) is 29.5 Å². The van der Waals surface area contributed by atoms with Crippen molar-refractivity contribution in [1.29, 1.82) is 0 Å². The van der Waals surface area contributed by atoms with Gasteiger partial charge in [-0.1, -0.05) is 24.3 Å². The first-order valence-corrected chi connectivity index (χ1v) is 11.0. The van der Waals surface area contributed by atoms with E-state index in [1.165, 1.54) is 34.7 Å². The molecule has 2 aromatic carbocycles. The number of esters is 1. The Morgan fingerprint density at radius 3 is 3.00 bits per heavy atom. The van der Waals surface area contributed by atoms with Crippen molar-refractivity contribution in [2.24, 2.45) is 0 Å². The predicted molar refractivity (Wildman–Crippen MR) is 120 cm³/mol. The van der Waals surface area contributed by atoms with E-state index in [2.05, 4.69) is 63.4 Å². The molecule has 162 valence electrons. The van der Waals surface area contributed by atoms with E-state index in [-0.39, 0.29) is 12.0 Å². The zero-order valence-corrected chi connectivity index (χ0v) is 18.0. The molecule has 31 heavy (non-hydrogen) atoms. The molecule has 1 saturated heterocycles. The van der Waals surface area contributed by atoms with E-state index in [4.69, 9.17) is 9.47 Å². The van der Waals surface area contributed by atoms with Gasteiger partial charge in [0.1, 0.15) is 18.4 Å². The average Bonchev–Trinajstić information content (AvgIpc) is 3.36. The number of H-pyrrole nitrogens is 1. The number of nitrogens with one attached hydrogen (secondary N) is 1. The van der Waals surface area contributed by atoms with Crippen LogP contribution >= 0.6 is 0 Å². The maximum atomic E-state index is 12.1. The number of carbonyl (C=O) groups excluding carboxylic acids is 1. The van der Waals surface area contributed by atoms with Crippen molar-refractivity contribution in [3.8, 4) is 5.75 Å². The maximum absolute atomic E-state index is 12.1. The van der Waals surface area contributed by atoms with E-state index in [0.717, 1.165) is 51.3 Å². The molecule has 3 heterocycles. The second-order valence-electron chi connectivity index (χ2n) is 8.51. The van der Waals surface area contributed by atoms with E-state index in [0.29, 0.717) is 6.61 Å². The number of hydrogen-bond acceptors (Lipinski definition) is 5. The van der Waals surface area contributed by atoms with Crippen molar-refractivity contribution in [3.63, 3.8) is 0 Å². The highest BCUT2D eigenvalue weighted by Gasteiger charge is 2.31. The van der Waals surface area contributed by atoms with Crippen LogP contribution in [0.25, 0.3) is 10.9 Å². The molecule has 0 amide bonds. The molecule has 2 aliphatic heterocycles. The quantitative estimate of drug-likeness (QED) is 0.639. The van der Waals surface area contributed by atoms with E-state index in [1.807, 2.05) is 0 Å². The summed E-state index contributed by atoms with van der Waals surface area (Å²) in [6.07, 6.45) is 4.03. The minimum absolute atomic E-state index is 0.125. The minimum atomic E-state index is -0.126. The molecular weight excluding hydrogens is 390 g/mol. The highest BCUT2D eigenvalue weighted by atomic mass is 16.5. The van der Waals surface area contributed by atoms with Gasteiger partial charge < -0.3 is 14.5 Å². The lowest BCUT2D eigenvalue weighted by molar-refractivity contribution is -0.146. The molecule has 0 unspecified atom stereocenters. The van der Waals surface area contributed by atoms with Gasteiger partial charge in [0.25, 0.3) is 0 Å². The van der Waals surface area contributed by atoms with Gasteiger partial charge in [0.2, 0.25) is 0 Å². The summed E-state index contributed by atoms with van der Waals surface area (Å²) in [4.78, 5) is 20.1. The normalized spacial score (nSPS) is 19.7. The van der Waals surface area contributed by atoms with E-state index >= 15 is 0 Å². The van der Waals surface area contributed by atoms with Gasteiger partial charge >= 0.3 is 5.97 Å². The number of likely N-dealkylation sites (tertiary alicyclic amines) is 1. The highest BCUT2D eigenvalue weighted by molar-refractivity contribution is 5.83. The van der Waals surface area contributed by atoms with Gasteiger partial charge in [-0.25, -0.2) is 0 Å². The predicted octanol–water partition coefficient (Wildman–Crippen LogP) is 3.70. The number of fused-ring (bicyclic) bond motifs is 2. The molecule has 0 bridgehead atoms. The van der Waals surface area contributed by atoms with Gasteiger partial charge in [-0.15, -0.1) is 0 Å². The van der Waals surface area contributed by atoms with Gasteiger partial charge in [-0.3, -0.25) is 14.6 Å². The van der Waals surface area contributed by atoms with E-state index in [1.54, 1.807) is 0 Å². The summed E-state index contributed by atoms with van der Waals surface area (Å²) in [6.45, 7) is 5.00. The molecule has 0 spiro atoms. The third kappa shape index (κ3) is 4.18. The Kier molecular flexibility index (Phi) is 5.66. The fourth-order valence-corrected chi connectivity index (χ4v) is 4.89. The monoisotopic (exact) mass is 419 g/mol. The summed E-state index contributed by atoms with van der Waals surface area (Å²) in [5.74, 6) is 0.844. The SMILES string of the molecule is COC(=O)[C@@H]1CCCN1Cc1ccc2c(c1)CN(Cc1c[nH]c3ccccc13)CCO2. The van der Waals surface area contributed by atoms with Crippen LogP contribution < -0.4 is 4.74 Å². The van der Waals surface area contributed by atoms with E-state index < -0.39 is 0 Å². The summed E-state index contributed by atoms with van der Waals surface area (Å²) in [5.41, 5.74) is 4.92. The summed E-state index contributed by atoms with van der Waals surface area (Å²) in [7, 11) is 1.47. The number of methoxy groups -OCH3 is 1. The average molecular weight is 420 g/mol. The second-order valence-corrected chi connectivity index (χ2v) is 8.51. The molecule has 5 rings (SSSR count). The number of benzene rings is 2. The first-order valence-electron chi connectivity index (χ1n) is 11.0. The number of aromatic nitrogens is 1. The number of hydrogen-bond donors (Lipinski definition) is 1. The molecule has 0 radical (unpaired) electrons. The molecule has 1 aromatic heterocycles. The molecule has 6 heteroatoms. The summed E-state index contributed by atoms with van der Waals surface area (Å²) in [6, 6.07) is 14.8. The Labute approximate surface area is 182 Å². The van der Waals surface area contributed by atoms with Gasteiger partial charge in [0, 0.05) is 48.8 Å². The minimum Gasteiger partial charge on any atom is -0.492 e. The van der Waals surface area contributed by atoms with Crippen LogP contribution in [-0.2, 0) is 29.2 Å². The van der Waals surface area contributed by atoms with Crippen molar-refractivity contribution >= 4 is 16.9 Å². The summed E-state index contributed by atoms with van der Waals surface area (Å²) in [5, 5.41) is 1.28. The van der Waals surface area contributed by atoms with Crippen molar-refractivity contribution in [1.82, 2.24) is 14.8 Å². The lowest BCUT2D eigenvalue weighted by Crippen LogP contribution is -2.36. The molecule has 0 saturated carbocycles. The second kappa shape index (κ2) is 8.73. The smallest absolute Gasteiger partial charge is 0.323 e. The lowest BCUT2D eigenvalue weighted by atomic mass is 10.1. The molecule has 2 aliphatic rings. The Hall–Kier alpha value is -2.83. The van der Waals surface area contributed by atoms with Gasteiger partial charge in [-0.2, -0.15) is 0 Å². The molecule has 6 nitrogen and oxygen atoms in total. The number of para-hydroxylation sites is 1. The number of nitrogens with zero attached hydrogens (tertiary/aromatic N) is 2. The lowest BCUT2D eigenvalue weighted by Gasteiger charge is -2.23. The fourth-order valence-electron chi connectivity index (χ4n) is 4.89. The number of aromatic amines is 1. The van der Waals surface area contributed by atoms with Gasteiger partial charge in [0.15, 0.2) is 0 Å². The zero-order chi connectivity index (χ0) is 21.2. The molecule has 3 aromatic rings. The Balaban J connectivity index is 1.32. The largest absolute Gasteiger partial charge is 0.492 e. The van der Waals surface area contributed by atoms with Crippen molar-refractivity contribution in [2.75, 3.05) is 26.8 Å². The third-order valence-corrected chi connectivity index (χ3v) is 6.48. The topological polar surface area (TPSA) is 57.8 Å². The Morgan fingerprint density at radius 1 is 1.19 bits per heavy atom. The molecular formula is C25H29N3O3. The van der Waals surface area contributed by atoms with Crippen LogP contribution in [0.4, 0.5) is 0 Å². The van der Waals surface area contributed by atoms with Crippen molar-refractivity contribution < 1.29 is 14.3 Å². The van der Waals surface area contributed by atoms with Gasteiger partial charge in [0.05, 0.1) is 7.11 Å². The number of rotatable bonds is 5. The van der Waals surface area contributed by atoms with Crippen LogP contribution in [0.15, 0.2) is 48.7 Å². The van der Waals surface area contributed by atoms with Crippen LogP contribution in [0.5, 0.6) is 5.75 Å². The molecule has 1 atom stereocenters.